The van der Waals surface area contributed by atoms with Crippen molar-refractivity contribution in [3.63, 3.8) is 0 Å². The van der Waals surface area contributed by atoms with E-state index in [4.69, 9.17) is 16.9 Å². The summed E-state index contributed by atoms with van der Waals surface area (Å²) in [6.07, 6.45) is 2.34. The number of rotatable bonds is 3. The molecule has 0 unspecified atom stereocenters. The van der Waals surface area contributed by atoms with Gasteiger partial charge in [0.15, 0.2) is 0 Å². The second kappa shape index (κ2) is 4.24. The number of nitrogens with zero attached hydrogens (tertiary/aromatic N) is 2. The number of benzene rings is 1. The first kappa shape index (κ1) is 12.0. The minimum Gasteiger partial charge on any atom is -0.387 e. The minimum absolute atomic E-state index is 0.445. The van der Waals surface area contributed by atoms with E-state index in [0.717, 1.165) is 25.2 Å². The molecule has 1 aromatic rings. The Hall–Kier alpha value is -1.08. The zero-order valence-corrected chi connectivity index (χ0v) is 10.8. The van der Waals surface area contributed by atoms with E-state index < -0.39 is 5.60 Å². The third-order valence-corrected chi connectivity index (χ3v) is 4.26. The van der Waals surface area contributed by atoms with Gasteiger partial charge in [-0.05, 0) is 36.5 Å². The Labute approximate surface area is 112 Å². The molecule has 4 heteroatoms. The van der Waals surface area contributed by atoms with E-state index >= 15 is 0 Å². The van der Waals surface area contributed by atoms with E-state index in [1.807, 2.05) is 6.07 Å². The molecule has 2 fully saturated rings. The van der Waals surface area contributed by atoms with Crippen LogP contribution in [0.1, 0.15) is 24.0 Å². The number of nitriles is 1. The number of hydrogen-bond donors (Lipinski definition) is 1. The van der Waals surface area contributed by atoms with Gasteiger partial charge in [-0.2, -0.15) is 5.26 Å². The van der Waals surface area contributed by atoms with Gasteiger partial charge in [0.05, 0.1) is 17.2 Å². The molecule has 0 aromatic heterocycles. The normalized spacial score (nSPS) is 22.3. The second-order valence-corrected chi connectivity index (χ2v) is 5.85. The third-order valence-electron chi connectivity index (χ3n) is 3.91. The van der Waals surface area contributed by atoms with E-state index in [0.29, 0.717) is 16.5 Å². The maximum absolute atomic E-state index is 10.2. The lowest BCUT2D eigenvalue weighted by atomic mass is 9.88. The van der Waals surface area contributed by atoms with E-state index in [2.05, 4.69) is 11.0 Å². The fourth-order valence-electron chi connectivity index (χ4n) is 2.70. The fourth-order valence-corrected chi connectivity index (χ4v) is 2.95. The Morgan fingerprint density at radius 1 is 1.44 bits per heavy atom. The highest BCUT2D eigenvalue weighted by atomic mass is 35.5. The first-order chi connectivity index (χ1) is 8.60. The van der Waals surface area contributed by atoms with Crippen LogP contribution >= 0.6 is 11.6 Å². The van der Waals surface area contributed by atoms with E-state index in [-0.39, 0.29) is 0 Å². The minimum atomic E-state index is -0.445. The van der Waals surface area contributed by atoms with Gasteiger partial charge < -0.3 is 5.11 Å². The summed E-state index contributed by atoms with van der Waals surface area (Å²) in [7, 11) is 0. The van der Waals surface area contributed by atoms with Gasteiger partial charge >= 0.3 is 0 Å². The molecular weight excluding hydrogens is 248 g/mol. The Balaban J connectivity index is 1.63. The molecule has 0 amide bonds. The summed E-state index contributed by atoms with van der Waals surface area (Å²) in [5.74, 6) is 0.519. The van der Waals surface area contributed by atoms with Gasteiger partial charge in [0.25, 0.3) is 0 Å². The molecule has 3 rings (SSSR count). The lowest BCUT2D eigenvalue weighted by molar-refractivity contribution is -0.116. The molecule has 0 bridgehead atoms. The number of halogens is 1. The number of hydrogen-bond acceptors (Lipinski definition) is 3. The summed E-state index contributed by atoms with van der Waals surface area (Å²) in [6.45, 7) is 2.24. The molecule has 18 heavy (non-hydrogen) atoms. The fraction of sp³-hybridized carbons (Fsp3) is 0.500. The van der Waals surface area contributed by atoms with Gasteiger partial charge in [-0.15, -0.1) is 0 Å². The zero-order chi connectivity index (χ0) is 12.8. The average Bonchev–Trinajstić information content (AvgIpc) is 3.13. The standard InChI is InChI=1S/C14H15ClN2O/c15-13-5-10(6-16)1-2-11(13)7-17-8-14(18,9-17)12-3-4-12/h1-2,5,12,18H,3-4,7-9H2. The summed E-state index contributed by atoms with van der Waals surface area (Å²) in [4.78, 5) is 2.20. The van der Waals surface area contributed by atoms with Crippen LogP contribution in [0.2, 0.25) is 5.02 Å². The topological polar surface area (TPSA) is 47.3 Å². The third kappa shape index (κ3) is 2.12. The highest BCUT2D eigenvalue weighted by Crippen LogP contribution is 2.44. The molecule has 0 radical (unpaired) electrons. The first-order valence-electron chi connectivity index (χ1n) is 6.24. The lowest BCUT2D eigenvalue weighted by Crippen LogP contribution is -2.62. The monoisotopic (exact) mass is 262 g/mol. The van der Waals surface area contributed by atoms with Crippen LogP contribution in [0.15, 0.2) is 18.2 Å². The maximum atomic E-state index is 10.2. The molecule has 1 aromatic carbocycles. The maximum Gasteiger partial charge on any atom is 0.0992 e. The van der Waals surface area contributed by atoms with E-state index in [1.54, 1.807) is 12.1 Å². The van der Waals surface area contributed by atoms with Crippen LogP contribution in [-0.4, -0.2) is 28.7 Å². The lowest BCUT2D eigenvalue weighted by Gasteiger charge is -2.47. The summed E-state index contributed by atoms with van der Waals surface area (Å²) in [5, 5.41) is 19.6. The second-order valence-electron chi connectivity index (χ2n) is 5.44. The molecule has 3 nitrogen and oxygen atoms in total. The quantitative estimate of drug-likeness (QED) is 0.908. The van der Waals surface area contributed by atoms with Gasteiger partial charge in [0.1, 0.15) is 0 Å². The van der Waals surface area contributed by atoms with Crippen molar-refractivity contribution in [3.05, 3.63) is 34.3 Å². The highest BCUT2D eigenvalue weighted by molar-refractivity contribution is 6.31. The summed E-state index contributed by atoms with van der Waals surface area (Å²) in [5.41, 5.74) is 1.16. The van der Waals surface area contributed by atoms with E-state index in [1.165, 1.54) is 12.8 Å². The first-order valence-corrected chi connectivity index (χ1v) is 6.62. The molecule has 1 N–H and O–H groups in total. The van der Waals surface area contributed by atoms with Gasteiger partial charge in [-0.3, -0.25) is 4.90 Å². The molecule has 1 aliphatic carbocycles. The van der Waals surface area contributed by atoms with Crippen molar-refractivity contribution in [2.75, 3.05) is 13.1 Å². The predicted molar refractivity (Wildman–Crippen MR) is 69.1 cm³/mol. The molecule has 1 aliphatic heterocycles. The Morgan fingerprint density at radius 3 is 2.72 bits per heavy atom. The molecule has 1 saturated carbocycles. The summed E-state index contributed by atoms with van der Waals surface area (Å²) in [6, 6.07) is 7.46. The van der Waals surface area contributed by atoms with Crippen LogP contribution in [0, 0.1) is 17.2 Å². The van der Waals surface area contributed by atoms with Gasteiger partial charge in [-0.25, -0.2) is 0 Å². The van der Waals surface area contributed by atoms with E-state index in [9.17, 15) is 5.11 Å². The zero-order valence-electron chi connectivity index (χ0n) is 10.1. The van der Waals surface area contributed by atoms with Crippen LogP contribution in [0.5, 0.6) is 0 Å². The van der Waals surface area contributed by atoms with Crippen molar-refractivity contribution in [2.45, 2.75) is 25.0 Å². The van der Waals surface area contributed by atoms with Crippen LogP contribution in [0.25, 0.3) is 0 Å². The van der Waals surface area contributed by atoms with Gasteiger partial charge in [-0.1, -0.05) is 17.7 Å². The molecule has 1 saturated heterocycles. The molecule has 0 spiro atoms. The molecular formula is C14H15ClN2O. The van der Waals surface area contributed by atoms with Crippen LogP contribution < -0.4 is 0 Å². The van der Waals surface area contributed by atoms with Crippen molar-refractivity contribution < 1.29 is 5.11 Å². The molecule has 0 atom stereocenters. The van der Waals surface area contributed by atoms with Crippen molar-refractivity contribution in [1.29, 1.82) is 5.26 Å². The van der Waals surface area contributed by atoms with Gasteiger partial charge in [0.2, 0.25) is 0 Å². The smallest absolute Gasteiger partial charge is 0.0992 e. The summed E-state index contributed by atoms with van der Waals surface area (Å²) < 4.78 is 0. The van der Waals surface area contributed by atoms with Crippen molar-refractivity contribution in [2.24, 2.45) is 5.92 Å². The van der Waals surface area contributed by atoms with Crippen molar-refractivity contribution in [1.82, 2.24) is 4.90 Å². The Kier molecular flexibility index (Phi) is 2.82. The number of aliphatic hydroxyl groups is 1. The molecule has 1 heterocycles. The van der Waals surface area contributed by atoms with Crippen LogP contribution in [0.3, 0.4) is 0 Å². The average molecular weight is 263 g/mol. The largest absolute Gasteiger partial charge is 0.387 e. The SMILES string of the molecule is N#Cc1ccc(CN2CC(O)(C3CC3)C2)c(Cl)c1. The Bertz CT molecular complexity index is 513. The number of β-amino-alcohol motifs (C(OH)–C–C–N with tert-alkyl or cyclic N) is 1. The number of likely N-dealkylation sites (tertiary alicyclic amines) is 1. The highest BCUT2D eigenvalue weighted by Gasteiger charge is 2.51. The van der Waals surface area contributed by atoms with Crippen molar-refractivity contribution in [3.8, 4) is 6.07 Å². The van der Waals surface area contributed by atoms with Gasteiger partial charge in [0, 0.05) is 24.7 Å². The molecule has 94 valence electrons. The van der Waals surface area contributed by atoms with Crippen LogP contribution in [-0.2, 0) is 6.54 Å². The predicted octanol–water partition coefficient (Wildman–Crippen LogP) is 2.17. The summed E-state index contributed by atoms with van der Waals surface area (Å²) >= 11 is 6.14. The van der Waals surface area contributed by atoms with Crippen LogP contribution in [0.4, 0.5) is 0 Å². The van der Waals surface area contributed by atoms with Crippen molar-refractivity contribution >= 4 is 11.6 Å². The Morgan fingerprint density at radius 2 is 2.17 bits per heavy atom. The molecule has 2 aliphatic rings.